The second kappa shape index (κ2) is 6.67. The van der Waals surface area contributed by atoms with Gasteiger partial charge in [-0.2, -0.15) is 0 Å². The lowest BCUT2D eigenvalue weighted by Crippen LogP contribution is -2.24. The molecule has 0 bridgehead atoms. The summed E-state index contributed by atoms with van der Waals surface area (Å²) in [5.41, 5.74) is 3.88. The molecule has 0 saturated carbocycles. The number of hydrogen-bond donors (Lipinski definition) is 1. The Hall–Kier alpha value is -1.26. The first-order chi connectivity index (χ1) is 10.3. The Morgan fingerprint density at radius 3 is 2.95 bits per heavy atom. The summed E-state index contributed by atoms with van der Waals surface area (Å²) in [6, 6.07) is 2.28. The van der Waals surface area contributed by atoms with Crippen LogP contribution in [0.15, 0.2) is 18.5 Å². The molecule has 1 unspecified atom stereocenters. The second-order valence-corrected chi connectivity index (χ2v) is 6.86. The summed E-state index contributed by atoms with van der Waals surface area (Å²) in [5.74, 6) is 0. The molecule has 1 aliphatic rings. The molecule has 0 saturated heterocycles. The highest BCUT2D eigenvalue weighted by atomic mass is 32.1. The van der Waals surface area contributed by atoms with E-state index in [4.69, 9.17) is 4.98 Å². The van der Waals surface area contributed by atoms with Crippen molar-refractivity contribution in [1.29, 1.82) is 0 Å². The number of fused-ring (bicyclic) bond motifs is 1. The van der Waals surface area contributed by atoms with E-state index in [1.807, 2.05) is 23.7 Å². The maximum Gasteiger partial charge on any atom is 0.115 e. The molecule has 1 atom stereocenters. The SMILES string of the molecule is CCCNC(c1nc2c(s1)CCCC2)c1cnccc1C. The van der Waals surface area contributed by atoms with Crippen molar-refractivity contribution in [3.05, 3.63) is 45.2 Å². The molecule has 4 heteroatoms. The molecule has 0 radical (unpaired) electrons. The van der Waals surface area contributed by atoms with Crippen LogP contribution >= 0.6 is 11.3 Å². The molecular weight excluding hydrogens is 278 g/mol. The zero-order valence-electron chi connectivity index (χ0n) is 12.9. The van der Waals surface area contributed by atoms with Gasteiger partial charge in [0.05, 0.1) is 11.7 Å². The van der Waals surface area contributed by atoms with Crippen LogP contribution in [0.4, 0.5) is 0 Å². The number of pyridine rings is 1. The predicted molar refractivity (Wildman–Crippen MR) is 87.9 cm³/mol. The fourth-order valence-corrected chi connectivity index (χ4v) is 4.14. The molecular formula is C17H23N3S. The highest BCUT2D eigenvalue weighted by Gasteiger charge is 2.23. The van der Waals surface area contributed by atoms with Gasteiger partial charge in [-0.15, -0.1) is 11.3 Å². The molecule has 21 heavy (non-hydrogen) atoms. The highest BCUT2D eigenvalue weighted by Crippen LogP contribution is 2.33. The van der Waals surface area contributed by atoms with Crippen molar-refractivity contribution in [2.45, 2.75) is 52.0 Å². The topological polar surface area (TPSA) is 37.8 Å². The van der Waals surface area contributed by atoms with Crippen molar-refractivity contribution in [2.75, 3.05) is 6.54 Å². The van der Waals surface area contributed by atoms with E-state index < -0.39 is 0 Å². The summed E-state index contributed by atoms with van der Waals surface area (Å²) in [6.07, 6.45) is 9.94. The van der Waals surface area contributed by atoms with E-state index >= 15 is 0 Å². The Labute approximate surface area is 130 Å². The standard InChI is InChI=1S/C17H23N3S/c1-3-9-19-16(13-11-18-10-8-12(13)2)17-20-14-6-4-5-7-15(14)21-17/h8,10-11,16,19H,3-7,9H2,1-2H3. The van der Waals surface area contributed by atoms with Crippen molar-refractivity contribution >= 4 is 11.3 Å². The minimum Gasteiger partial charge on any atom is -0.304 e. The summed E-state index contributed by atoms with van der Waals surface area (Å²) < 4.78 is 0. The normalized spacial score (nSPS) is 15.7. The van der Waals surface area contributed by atoms with Gasteiger partial charge < -0.3 is 5.32 Å². The first-order valence-corrected chi connectivity index (χ1v) is 8.73. The van der Waals surface area contributed by atoms with Gasteiger partial charge >= 0.3 is 0 Å². The van der Waals surface area contributed by atoms with Crippen molar-refractivity contribution < 1.29 is 0 Å². The molecule has 1 N–H and O–H groups in total. The van der Waals surface area contributed by atoms with Crippen molar-refractivity contribution in [2.24, 2.45) is 0 Å². The predicted octanol–water partition coefficient (Wildman–Crippen LogP) is 3.81. The minimum atomic E-state index is 0.189. The number of aromatic nitrogens is 2. The van der Waals surface area contributed by atoms with E-state index in [9.17, 15) is 0 Å². The molecule has 0 aromatic carbocycles. The number of aryl methyl sites for hydroxylation is 3. The molecule has 0 fully saturated rings. The summed E-state index contributed by atoms with van der Waals surface area (Å²) in [4.78, 5) is 10.8. The first-order valence-electron chi connectivity index (χ1n) is 7.92. The number of nitrogens with zero attached hydrogens (tertiary/aromatic N) is 2. The fourth-order valence-electron chi connectivity index (χ4n) is 2.89. The Morgan fingerprint density at radius 1 is 1.33 bits per heavy atom. The van der Waals surface area contributed by atoms with Gasteiger partial charge in [0.25, 0.3) is 0 Å². The molecule has 112 valence electrons. The van der Waals surface area contributed by atoms with Gasteiger partial charge in [-0.05, 0) is 62.8 Å². The van der Waals surface area contributed by atoms with Crippen LogP contribution in [0.2, 0.25) is 0 Å². The van der Waals surface area contributed by atoms with E-state index in [0.29, 0.717) is 0 Å². The average molecular weight is 301 g/mol. The second-order valence-electron chi connectivity index (χ2n) is 5.75. The molecule has 2 aromatic heterocycles. The van der Waals surface area contributed by atoms with Crippen LogP contribution in [0.25, 0.3) is 0 Å². The minimum absolute atomic E-state index is 0.189. The van der Waals surface area contributed by atoms with E-state index in [0.717, 1.165) is 19.4 Å². The maximum atomic E-state index is 4.95. The van der Waals surface area contributed by atoms with Crippen molar-refractivity contribution in [3.63, 3.8) is 0 Å². The van der Waals surface area contributed by atoms with Crippen LogP contribution in [0.3, 0.4) is 0 Å². The Kier molecular flexibility index (Phi) is 4.66. The molecule has 3 rings (SSSR count). The summed E-state index contributed by atoms with van der Waals surface area (Å²) in [6.45, 7) is 5.36. The van der Waals surface area contributed by atoms with Gasteiger partial charge in [-0.25, -0.2) is 4.98 Å². The molecule has 0 spiro atoms. The van der Waals surface area contributed by atoms with E-state index in [-0.39, 0.29) is 6.04 Å². The van der Waals surface area contributed by atoms with Crippen LogP contribution in [0.1, 0.15) is 58.9 Å². The number of hydrogen-bond acceptors (Lipinski definition) is 4. The van der Waals surface area contributed by atoms with Gasteiger partial charge in [0.2, 0.25) is 0 Å². The van der Waals surface area contributed by atoms with Gasteiger partial charge in [-0.1, -0.05) is 6.92 Å². The molecule has 1 aliphatic carbocycles. The maximum absolute atomic E-state index is 4.95. The third kappa shape index (κ3) is 3.16. The Morgan fingerprint density at radius 2 is 2.19 bits per heavy atom. The molecule has 0 aliphatic heterocycles. The number of thiazole rings is 1. The monoisotopic (exact) mass is 301 g/mol. The molecule has 0 amide bonds. The van der Waals surface area contributed by atoms with Gasteiger partial charge in [0.1, 0.15) is 5.01 Å². The number of rotatable bonds is 5. The van der Waals surface area contributed by atoms with E-state index in [2.05, 4.69) is 30.2 Å². The lowest BCUT2D eigenvalue weighted by atomic mass is 10.0. The van der Waals surface area contributed by atoms with Gasteiger partial charge in [0, 0.05) is 17.3 Å². The van der Waals surface area contributed by atoms with E-state index in [1.54, 1.807) is 0 Å². The lowest BCUT2D eigenvalue weighted by Gasteiger charge is -2.18. The zero-order valence-corrected chi connectivity index (χ0v) is 13.7. The highest BCUT2D eigenvalue weighted by molar-refractivity contribution is 7.11. The van der Waals surface area contributed by atoms with Crippen LogP contribution in [-0.4, -0.2) is 16.5 Å². The van der Waals surface area contributed by atoms with Crippen molar-refractivity contribution in [1.82, 2.24) is 15.3 Å². The van der Waals surface area contributed by atoms with Crippen LogP contribution in [-0.2, 0) is 12.8 Å². The van der Waals surface area contributed by atoms with Crippen LogP contribution in [0, 0.1) is 6.92 Å². The van der Waals surface area contributed by atoms with Crippen LogP contribution < -0.4 is 5.32 Å². The van der Waals surface area contributed by atoms with Gasteiger partial charge in [-0.3, -0.25) is 4.98 Å². The lowest BCUT2D eigenvalue weighted by molar-refractivity contribution is 0.588. The average Bonchev–Trinajstić information content (AvgIpc) is 2.93. The fraction of sp³-hybridized carbons (Fsp3) is 0.529. The quantitative estimate of drug-likeness (QED) is 0.912. The molecule has 2 aromatic rings. The first kappa shape index (κ1) is 14.7. The van der Waals surface area contributed by atoms with Crippen molar-refractivity contribution in [3.8, 4) is 0 Å². The number of nitrogens with one attached hydrogen (secondary N) is 1. The summed E-state index contributed by atoms with van der Waals surface area (Å²) in [7, 11) is 0. The van der Waals surface area contributed by atoms with E-state index in [1.165, 1.54) is 46.0 Å². The van der Waals surface area contributed by atoms with Gasteiger partial charge in [0.15, 0.2) is 0 Å². The zero-order chi connectivity index (χ0) is 14.7. The van der Waals surface area contributed by atoms with Crippen LogP contribution in [0.5, 0.6) is 0 Å². The Bertz CT molecular complexity index is 582. The smallest absolute Gasteiger partial charge is 0.115 e. The molecule has 3 nitrogen and oxygen atoms in total. The largest absolute Gasteiger partial charge is 0.304 e. The summed E-state index contributed by atoms with van der Waals surface area (Å²) in [5, 5.41) is 4.87. The third-order valence-electron chi connectivity index (χ3n) is 4.10. The third-order valence-corrected chi connectivity index (χ3v) is 5.32. The summed E-state index contributed by atoms with van der Waals surface area (Å²) >= 11 is 1.90. The molecule has 2 heterocycles. The Balaban J connectivity index is 1.95.